The van der Waals surface area contributed by atoms with E-state index in [1.165, 1.54) is 19.2 Å². The van der Waals surface area contributed by atoms with Gasteiger partial charge in [0.1, 0.15) is 5.82 Å². The van der Waals surface area contributed by atoms with E-state index in [2.05, 4.69) is 14.9 Å². The molecule has 1 atom stereocenters. The van der Waals surface area contributed by atoms with E-state index in [1.807, 2.05) is 0 Å². The second kappa shape index (κ2) is 6.54. The molecule has 1 saturated heterocycles. The number of aliphatic hydroxyl groups is 1. The molecule has 118 valence electrons. The summed E-state index contributed by atoms with van der Waals surface area (Å²) in [5.41, 5.74) is 0.753. The van der Waals surface area contributed by atoms with Crippen LogP contribution in [0.1, 0.15) is 19.3 Å². The van der Waals surface area contributed by atoms with Crippen LogP contribution in [-0.2, 0) is 4.74 Å². The van der Waals surface area contributed by atoms with Crippen molar-refractivity contribution in [1.29, 1.82) is 0 Å². The highest BCUT2D eigenvalue weighted by atomic mass is 19.1. The van der Waals surface area contributed by atoms with Crippen molar-refractivity contribution in [3.8, 4) is 0 Å². The second-order valence-corrected chi connectivity index (χ2v) is 5.73. The van der Waals surface area contributed by atoms with Gasteiger partial charge in [-0.1, -0.05) is 0 Å². The van der Waals surface area contributed by atoms with Crippen LogP contribution in [0.3, 0.4) is 0 Å². The molecule has 0 aliphatic carbocycles. The lowest BCUT2D eigenvalue weighted by molar-refractivity contribution is -0.0886. The number of hydrogen-bond donors (Lipinski definition) is 1. The van der Waals surface area contributed by atoms with Crippen LogP contribution in [0, 0.1) is 11.7 Å². The largest absolute Gasteiger partial charge is 0.368 e. The molecule has 0 radical (unpaired) electrons. The van der Waals surface area contributed by atoms with E-state index in [1.54, 1.807) is 12.3 Å². The second-order valence-electron chi connectivity index (χ2n) is 5.73. The van der Waals surface area contributed by atoms with Crippen molar-refractivity contribution in [2.24, 2.45) is 5.92 Å². The molecule has 5 nitrogen and oxygen atoms in total. The van der Waals surface area contributed by atoms with Crippen molar-refractivity contribution in [2.45, 2.75) is 25.6 Å². The number of piperidine rings is 1. The third kappa shape index (κ3) is 3.34. The Morgan fingerprint density at radius 1 is 1.41 bits per heavy atom. The van der Waals surface area contributed by atoms with Crippen LogP contribution < -0.4 is 4.90 Å². The number of benzene rings is 1. The minimum Gasteiger partial charge on any atom is -0.368 e. The zero-order valence-corrected chi connectivity index (χ0v) is 12.6. The highest BCUT2D eigenvalue weighted by molar-refractivity contribution is 5.78. The molecule has 1 aromatic carbocycles. The fraction of sp³-hybridized carbons (Fsp3) is 0.500. The third-order valence-electron chi connectivity index (χ3n) is 4.23. The lowest BCUT2D eigenvalue weighted by atomic mass is 9.93. The maximum absolute atomic E-state index is 13.2. The first-order chi connectivity index (χ1) is 10.7. The summed E-state index contributed by atoms with van der Waals surface area (Å²) >= 11 is 0. The molecule has 1 fully saturated rings. The van der Waals surface area contributed by atoms with Crippen LogP contribution in [0.25, 0.3) is 10.9 Å². The Morgan fingerprint density at radius 2 is 2.18 bits per heavy atom. The Labute approximate surface area is 128 Å². The van der Waals surface area contributed by atoms with Crippen molar-refractivity contribution < 1.29 is 14.2 Å². The number of methoxy groups -OCH3 is 1. The average Bonchev–Trinajstić information content (AvgIpc) is 2.55. The van der Waals surface area contributed by atoms with Crippen LogP contribution in [0.2, 0.25) is 0 Å². The molecule has 1 aliphatic heterocycles. The van der Waals surface area contributed by atoms with Crippen LogP contribution in [-0.4, -0.2) is 41.6 Å². The van der Waals surface area contributed by atoms with Gasteiger partial charge in [0.2, 0.25) is 5.95 Å². The molecule has 1 aromatic heterocycles. The number of rotatable bonds is 4. The van der Waals surface area contributed by atoms with E-state index in [0.717, 1.165) is 31.4 Å². The zero-order chi connectivity index (χ0) is 15.5. The maximum atomic E-state index is 13.2. The van der Waals surface area contributed by atoms with Crippen LogP contribution in [0.15, 0.2) is 24.4 Å². The monoisotopic (exact) mass is 305 g/mol. The van der Waals surface area contributed by atoms with Crippen molar-refractivity contribution in [2.75, 3.05) is 25.1 Å². The van der Waals surface area contributed by atoms with Gasteiger partial charge in [0.25, 0.3) is 0 Å². The number of ether oxygens (including phenoxy) is 1. The Balaban J connectivity index is 1.67. The maximum Gasteiger partial charge on any atom is 0.225 e. The van der Waals surface area contributed by atoms with E-state index in [4.69, 9.17) is 4.74 Å². The topological polar surface area (TPSA) is 58.5 Å². The van der Waals surface area contributed by atoms with E-state index >= 15 is 0 Å². The molecule has 0 saturated carbocycles. The summed E-state index contributed by atoms with van der Waals surface area (Å²) in [6.07, 6.45) is 3.61. The molecule has 0 bridgehead atoms. The highest BCUT2D eigenvalue weighted by Crippen LogP contribution is 2.25. The van der Waals surface area contributed by atoms with Crippen LogP contribution in [0.5, 0.6) is 0 Å². The zero-order valence-electron chi connectivity index (χ0n) is 12.6. The van der Waals surface area contributed by atoms with Gasteiger partial charge in [-0.05, 0) is 37.0 Å². The van der Waals surface area contributed by atoms with Gasteiger partial charge >= 0.3 is 0 Å². The number of nitrogens with zero attached hydrogens (tertiary/aromatic N) is 3. The third-order valence-corrected chi connectivity index (χ3v) is 4.23. The first-order valence-electron chi connectivity index (χ1n) is 7.54. The molecule has 22 heavy (non-hydrogen) atoms. The van der Waals surface area contributed by atoms with E-state index in [-0.39, 0.29) is 5.82 Å². The first kappa shape index (κ1) is 15.1. The highest BCUT2D eigenvalue weighted by Gasteiger charge is 2.23. The summed E-state index contributed by atoms with van der Waals surface area (Å²) in [4.78, 5) is 11.0. The van der Waals surface area contributed by atoms with Gasteiger partial charge in [0.15, 0.2) is 6.29 Å². The van der Waals surface area contributed by atoms with Gasteiger partial charge in [-0.2, -0.15) is 0 Å². The Kier molecular flexibility index (Phi) is 4.49. The van der Waals surface area contributed by atoms with E-state index < -0.39 is 6.29 Å². The van der Waals surface area contributed by atoms with E-state index in [9.17, 15) is 9.50 Å². The normalized spacial score (nSPS) is 17.9. The molecule has 2 heterocycles. The van der Waals surface area contributed by atoms with E-state index in [0.29, 0.717) is 23.7 Å². The Bertz CT molecular complexity index is 644. The number of hydrogen-bond acceptors (Lipinski definition) is 5. The van der Waals surface area contributed by atoms with Gasteiger partial charge in [-0.25, -0.2) is 14.4 Å². The quantitative estimate of drug-likeness (QED) is 0.879. The van der Waals surface area contributed by atoms with Gasteiger partial charge in [0.05, 0.1) is 5.52 Å². The van der Waals surface area contributed by atoms with Crippen LogP contribution in [0.4, 0.5) is 10.3 Å². The summed E-state index contributed by atoms with van der Waals surface area (Å²) in [7, 11) is 1.52. The number of aliphatic hydroxyl groups excluding tert-OH is 1. The lowest BCUT2D eigenvalue weighted by Gasteiger charge is -2.32. The van der Waals surface area contributed by atoms with Crippen molar-refractivity contribution >= 4 is 16.9 Å². The molecule has 3 rings (SSSR count). The lowest BCUT2D eigenvalue weighted by Crippen LogP contribution is -2.36. The predicted molar refractivity (Wildman–Crippen MR) is 82.1 cm³/mol. The summed E-state index contributed by atoms with van der Waals surface area (Å²) in [6, 6.07) is 4.53. The summed E-state index contributed by atoms with van der Waals surface area (Å²) < 4.78 is 18.1. The van der Waals surface area contributed by atoms with Crippen molar-refractivity contribution in [3.63, 3.8) is 0 Å². The first-order valence-corrected chi connectivity index (χ1v) is 7.54. The van der Waals surface area contributed by atoms with Crippen molar-refractivity contribution in [1.82, 2.24) is 9.97 Å². The fourth-order valence-electron chi connectivity index (χ4n) is 2.90. The number of halogens is 1. The van der Waals surface area contributed by atoms with Gasteiger partial charge < -0.3 is 14.7 Å². The number of aromatic nitrogens is 2. The number of anilines is 1. The molecule has 0 amide bonds. The average molecular weight is 305 g/mol. The van der Waals surface area contributed by atoms with Crippen molar-refractivity contribution in [3.05, 3.63) is 30.2 Å². The number of fused-ring (bicyclic) bond motifs is 1. The molecule has 1 aliphatic rings. The summed E-state index contributed by atoms with van der Waals surface area (Å²) in [6.45, 7) is 1.71. The predicted octanol–water partition coefficient (Wildman–Crippen LogP) is 2.34. The molecule has 2 aromatic rings. The molecule has 0 spiro atoms. The minimum atomic E-state index is -0.677. The van der Waals surface area contributed by atoms with Crippen LogP contribution >= 0.6 is 0 Å². The Morgan fingerprint density at radius 3 is 2.91 bits per heavy atom. The molecule has 6 heteroatoms. The molecular weight excluding hydrogens is 285 g/mol. The summed E-state index contributed by atoms with van der Waals surface area (Å²) in [5.74, 6) is 0.868. The SMILES string of the molecule is COC(O)CC1CCN(c2ncc3cc(F)ccc3n2)CC1. The standard InChI is InChI=1S/C16H20FN3O2/c1-22-15(21)8-11-4-6-20(7-5-11)16-18-10-12-9-13(17)2-3-14(12)19-16/h2-3,9-11,15,21H,4-8H2,1H3. The smallest absolute Gasteiger partial charge is 0.225 e. The van der Waals surface area contributed by atoms with Gasteiger partial charge in [-0.3, -0.25) is 0 Å². The molecule has 1 N–H and O–H groups in total. The molecule has 1 unspecified atom stereocenters. The van der Waals surface area contributed by atoms with Gasteiger partial charge in [-0.15, -0.1) is 0 Å². The fourth-order valence-corrected chi connectivity index (χ4v) is 2.90. The minimum absolute atomic E-state index is 0.277. The summed E-state index contributed by atoms with van der Waals surface area (Å²) in [5, 5.41) is 10.3. The van der Waals surface area contributed by atoms with Gasteiger partial charge in [0, 0.05) is 38.2 Å². The molecular formula is C16H20FN3O2. The Hall–Kier alpha value is -1.79.